The van der Waals surface area contributed by atoms with E-state index in [1.807, 2.05) is 18.2 Å². The molecule has 0 aliphatic carbocycles. The second-order valence-corrected chi connectivity index (χ2v) is 5.28. The van der Waals surface area contributed by atoms with Crippen molar-refractivity contribution < 1.29 is 0 Å². The topological polar surface area (TPSA) is 29.3 Å². The largest absolute Gasteiger partial charge is 0.329 e. The Hall–Kier alpha value is -0.280. The molecule has 1 saturated heterocycles. The molecule has 1 aliphatic heterocycles. The minimum Gasteiger partial charge on any atom is -0.329 e. The van der Waals surface area contributed by atoms with E-state index in [2.05, 4.69) is 4.90 Å². The van der Waals surface area contributed by atoms with Gasteiger partial charge in [-0.25, -0.2) is 0 Å². The Morgan fingerprint density at radius 3 is 2.53 bits per heavy atom. The minimum absolute atomic E-state index is 0.196. The predicted molar refractivity (Wildman–Crippen MR) is 73.7 cm³/mol. The van der Waals surface area contributed by atoms with Crippen molar-refractivity contribution in [1.29, 1.82) is 0 Å². The smallest absolute Gasteiger partial charge is 0.0640 e. The lowest BCUT2D eigenvalue weighted by molar-refractivity contribution is 0.167. The van der Waals surface area contributed by atoms with E-state index >= 15 is 0 Å². The number of likely N-dealkylation sites (tertiary alicyclic amines) is 1. The lowest BCUT2D eigenvalue weighted by Crippen LogP contribution is -2.37. The molecule has 1 heterocycles. The van der Waals surface area contributed by atoms with E-state index in [0.717, 1.165) is 18.7 Å². The van der Waals surface area contributed by atoms with Gasteiger partial charge in [0.25, 0.3) is 0 Å². The molecule has 2 nitrogen and oxygen atoms in total. The maximum atomic E-state index is 6.27. The SMILES string of the molecule is NC[C@@H](c1cccc(Cl)c1Cl)N1CCCCC1. The Balaban J connectivity index is 2.24. The first-order chi connectivity index (χ1) is 8.24. The fourth-order valence-corrected chi connectivity index (χ4v) is 2.91. The van der Waals surface area contributed by atoms with Gasteiger partial charge in [0.1, 0.15) is 0 Å². The number of hydrogen-bond acceptors (Lipinski definition) is 2. The van der Waals surface area contributed by atoms with Crippen LogP contribution in [0.3, 0.4) is 0 Å². The summed E-state index contributed by atoms with van der Waals surface area (Å²) in [5.41, 5.74) is 6.97. The number of halogens is 2. The van der Waals surface area contributed by atoms with Gasteiger partial charge in [-0.2, -0.15) is 0 Å². The highest BCUT2D eigenvalue weighted by atomic mass is 35.5. The minimum atomic E-state index is 0.196. The van der Waals surface area contributed by atoms with E-state index in [9.17, 15) is 0 Å². The van der Waals surface area contributed by atoms with Crippen molar-refractivity contribution in [2.45, 2.75) is 25.3 Å². The Morgan fingerprint density at radius 2 is 1.88 bits per heavy atom. The molecule has 1 fully saturated rings. The summed E-state index contributed by atoms with van der Waals surface area (Å²) >= 11 is 12.3. The molecule has 1 aliphatic rings. The first-order valence-corrected chi connectivity index (χ1v) is 6.87. The van der Waals surface area contributed by atoms with Crippen LogP contribution in [0.5, 0.6) is 0 Å². The number of nitrogens with zero attached hydrogens (tertiary/aromatic N) is 1. The molecule has 0 spiro atoms. The van der Waals surface area contributed by atoms with E-state index in [1.165, 1.54) is 19.3 Å². The highest BCUT2D eigenvalue weighted by molar-refractivity contribution is 6.42. The third-order valence-electron chi connectivity index (χ3n) is 3.40. The molecular weight excluding hydrogens is 255 g/mol. The average Bonchev–Trinajstić information content (AvgIpc) is 2.37. The van der Waals surface area contributed by atoms with Crippen molar-refractivity contribution in [3.8, 4) is 0 Å². The molecule has 0 aromatic heterocycles. The van der Waals surface area contributed by atoms with Gasteiger partial charge in [0.05, 0.1) is 10.0 Å². The molecular formula is C13H18Cl2N2. The number of rotatable bonds is 3. The zero-order chi connectivity index (χ0) is 12.3. The molecule has 94 valence electrons. The van der Waals surface area contributed by atoms with Crippen LogP contribution in [0.4, 0.5) is 0 Å². The van der Waals surface area contributed by atoms with Gasteiger partial charge >= 0.3 is 0 Å². The van der Waals surface area contributed by atoms with E-state index in [0.29, 0.717) is 16.6 Å². The normalized spacial score (nSPS) is 19.2. The Kier molecular flexibility index (Phi) is 4.69. The maximum absolute atomic E-state index is 6.27. The standard InChI is InChI=1S/C13H18Cl2N2/c14-11-6-4-5-10(13(11)15)12(9-16)17-7-2-1-3-8-17/h4-6,12H,1-3,7-9,16H2/t12-/m0/s1. The second kappa shape index (κ2) is 6.05. The van der Waals surface area contributed by atoms with Crippen LogP contribution in [-0.4, -0.2) is 24.5 Å². The summed E-state index contributed by atoms with van der Waals surface area (Å²) in [4.78, 5) is 2.42. The molecule has 17 heavy (non-hydrogen) atoms. The molecule has 1 aromatic carbocycles. The summed E-state index contributed by atoms with van der Waals surface area (Å²) < 4.78 is 0. The van der Waals surface area contributed by atoms with Gasteiger partial charge < -0.3 is 5.73 Å². The highest BCUT2D eigenvalue weighted by Gasteiger charge is 2.23. The lowest BCUT2D eigenvalue weighted by Gasteiger charge is -2.34. The second-order valence-electron chi connectivity index (χ2n) is 4.49. The van der Waals surface area contributed by atoms with E-state index < -0.39 is 0 Å². The van der Waals surface area contributed by atoms with Gasteiger partial charge in [-0.1, -0.05) is 41.8 Å². The lowest BCUT2D eigenvalue weighted by atomic mass is 10.0. The quantitative estimate of drug-likeness (QED) is 0.913. The number of piperidine rings is 1. The van der Waals surface area contributed by atoms with Crippen LogP contribution in [-0.2, 0) is 0 Å². The molecule has 2 rings (SSSR count). The van der Waals surface area contributed by atoms with Gasteiger partial charge in [0.2, 0.25) is 0 Å². The first-order valence-electron chi connectivity index (χ1n) is 6.12. The first kappa shape index (κ1) is 13.2. The Morgan fingerprint density at radius 1 is 1.18 bits per heavy atom. The molecule has 1 atom stereocenters. The third-order valence-corrected chi connectivity index (χ3v) is 4.23. The molecule has 0 amide bonds. The predicted octanol–water partition coefficient (Wildman–Crippen LogP) is 3.48. The molecule has 0 unspecified atom stereocenters. The molecule has 4 heteroatoms. The molecule has 1 aromatic rings. The Bertz CT molecular complexity index is 376. The van der Waals surface area contributed by atoms with Crippen LogP contribution in [0.25, 0.3) is 0 Å². The monoisotopic (exact) mass is 272 g/mol. The van der Waals surface area contributed by atoms with Crippen LogP contribution in [0.1, 0.15) is 30.9 Å². The summed E-state index contributed by atoms with van der Waals surface area (Å²) in [5.74, 6) is 0. The van der Waals surface area contributed by atoms with Gasteiger partial charge in [-0.3, -0.25) is 4.90 Å². The molecule has 0 radical (unpaired) electrons. The molecule has 0 bridgehead atoms. The van der Waals surface area contributed by atoms with Crippen LogP contribution in [0.2, 0.25) is 10.0 Å². The fourth-order valence-electron chi connectivity index (χ4n) is 2.48. The zero-order valence-corrected chi connectivity index (χ0v) is 11.3. The summed E-state index contributed by atoms with van der Waals surface area (Å²) in [6, 6.07) is 5.98. The van der Waals surface area contributed by atoms with Crippen molar-refractivity contribution in [2.24, 2.45) is 5.73 Å². The average molecular weight is 273 g/mol. The van der Waals surface area contributed by atoms with Gasteiger partial charge in [0, 0.05) is 12.6 Å². The molecule has 0 saturated carbocycles. The maximum Gasteiger partial charge on any atom is 0.0640 e. The van der Waals surface area contributed by atoms with Crippen LogP contribution in [0, 0.1) is 0 Å². The molecule has 2 N–H and O–H groups in total. The highest BCUT2D eigenvalue weighted by Crippen LogP contribution is 2.33. The van der Waals surface area contributed by atoms with Gasteiger partial charge in [0.15, 0.2) is 0 Å². The van der Waals surface area contributed by atoms with Crippen LogP contribution in [0.15, 0.2) is 18.2 Å². The van der Waals surface area contributed by atoms with Crippen molar-refractivity contribution in [3.05, 3.63) is 33.8 Å². The summed E-state index contributed by atoms with van der Waals surface area (Å²) in [6.45, 7) is 2.79. The van der Waals surface area contributed by atoms with Crippen molar-refractivity contribution in [2.75, 3.05) is 19.6 Å². The summed E-state index contributed by atoms with van der Waals surface area (Å²) in [7, 11) is 0. The number of hydrogen-bond donors (Lipinski definition) is 1. The van der Waals surface area contributed by atoms with Crippen molar-refractivity contribution in [3.63, 3.8) is 0 Å². The summed E-state index contributed by atoms with van der Waals surface area (Å²) in [6.07, 6.45) is 3.81. The van der Waals surface area contributed by atoms with E-state index in [1.54, 1.807) is 0 Å². The van der Waals surface area contributed by atoms with Crippen LogP contribution < -0.4 is 5.73 Å². The van der Waals surface area contributed by atoms with Crippen LogP contribution >= 0.6 is 23.2 Å². The fraction of sp³-hybridized carbons (Fsp3) is 0.538. The number of nitrogens with two attached hydrogens (primary N) is 1. The van der Waals surface area contributed by atoms with E-state index in [4.69, 9.17) is 28.9 Å². The van der Waals surface area contributed by atoms with E-state index in [-0.39, 0.29) is 6.04 Å². The number of benzene rings is 1. The van der Waals surface area contributed by atoms with Gasteiger partial charge in [-0.15, -0.1) is 0 Å². The van der Waals surface area contributed by atoms with Crippen molar-refractivity contribution in [1.82, 2.24) is 4.90 Å². The third kappa shape index (κ3) is 2.94. The van der Waals surface area contributed by atoms with Crippen molar-refractivity contribution >= 4 is 23.2 Å². The summed E-state index contributed by atoms with van der Waals surface area (Å²) in [5, 5.41) is 1.26. The van der Waals surface area contributed by atoms with Gasteiger partial charge in [-0.05, 0) is 37.6 Å². The Labute approximate surface area is 113 Å². The zero-order valence-electron chi connectivity index (χ0n) is 9.83.